The lowest BCUT2D eigenvalue weighted by Gasteiger charge is -2.18. The largest absolute Gasteiger partial charge is 0.465 e. The average molecular weight is 527 g/mol. The molecule has 0 saturated heterocycles. The summed E-state index contributed by atoms with van der Waals surface area (Å²) in [5.74, 6) is -16.6. The minimum atomic E-state index is -6.06. The molecule has 0 atom stereocenters. The van der Waals surface area contributed by atoms with E-state index in [9.17, 15) is 53.5 Å². The normalized spacial score (nSPS) is 13.0. The molecule has 1 aromatic carbocycles. The molecule has 35 heavy (non-hydrogen) atoms. The lowest BCUT2D eigenvalue weighted by atomic mass is 10.0. The molecule has 0 aromatic heterocycles. The maximum atomic E-state index is 12.9. The van der Waals surface area contributed by atoms with Gasteiger partial charge in [0.25, 0.3) is 5.91 Å². The van der Waals surface area contributed by atoms with Crippen molar-refractivity contribution >= 4 is 11.9 Å². The van der Waals surface area contributed by atoms with E-state index in [0.717, 1.165) is 37.0 Å². The number of benzene rings is 1. The highest BCUT2D eigenvalue weighted by molar-refractivity contribution is 5.84. The van der Waals surface area contributed by atoms with Crippen molar-refractivity contribution < 1.29 is 58.2 Å². The van der Waals surface area contributed by atoms with E-state index in [1.807, 2.05) is 0 Å². The first-order valence-corrected chi connectivity index (χ1v) is 10.5. The van der Waals surface area contributed by atoms with Crippen LogP contribution in [0.3, 0.4) is 0 Å². The Morgan fingerprint density at radius 3 is 1.60 bits per heavy atom. The van der Waals surface area contributed by atoms with Crippen LogP contribution in [0.2, 0.25) is 0 Å². The first kappa shape index (κ1) is 30.5. The van der Waals surface area contributed by atoms with Crippen molar-refractivity contribution in [3.8, 4) is 5.75 Å². The zero-order valence-electron chi connectivity index (χ0n) is 18.2. The van der Waals surface area contributed by atoms with Gasteiger partial charge in [0.2, 0.25) is 0 Å². The summed E-state index contributed by atoms with van der Waals surface area (Å²) >= 11 is 0. The van der Waals surface area contributed by atoms with Crippen molar-refractivity contribution in [2.24, 2.45) is 0 Å². The van der Waals surface area contributed by atoms with E-state index in [2.05, 4.69) is 4.74 Å². The van der Waals surface area contributed by atoms with Crippen LogP contribution in [0.25, 0.3) is 0 Å². The highest BCUT2D eigenvalue weighted by Gasteiger charge is 2.65. The second-order valence-corrected chi connectivity index (χ2v) is 7.66. The monoisotopic (exact) mass is 527 g/mol. The van der Waals surface area contributed by atoms with Gasteiger partial charge in [0.15, 0.2) is 0 Å². The molecule has 14 heteroatoms. The van der Waals surface area contributed by atoms with Gasteiger partial charge in [0.1, 0.15) is 5.75 Å². The third-order valence-corrected chi connectivity index (χ3v) is 4.82. The quantitative estimate of drug-likeness (QED) is 0.140. The summed E-state index contributed by atoms with van der Waals surface area (Å²) in [7, 11) is 0. The molecule has 0 saturated carbocycles. The van der Waals surface area contributed by atoms with Crippen molar-refractivity contribution in [3.05, 3.63) is 29.8 Å². The van der Waals surface area contributed by atoms with Gasteiger partial charge in [-0.25, -0.2) is 4.79 Å². The smallest absolute Gasteiger partial charge is 0.422 e. The Bertz CT molecular complexity index is 820. The van der Waals surface area contributed by atoms with Gasteiger partial charge in [0.05, 0.1) is 0 Å². The number of alkyl halides is 10. The second kappa shape index (κ2) is 12.4. The number of halogens is 10. The lowest BCUT2D eigenvalue weighted by Crippen LogP contribution is -2.50. The number of aryl methyl sites for hydroxylation is 1. The van der Waals surface area contributed by atoms with Crippen LogP contribution in [-0.4, -0.2) is 42.6 Å². The molecule has 0 unspecified atom stereocenters. The summed E-state index contributed by atoms with van der Waals surface area (Å²) in [5.41, 5.74) is 0.735. The van der Waals surface area contributed by atoms with Crippen molar-refractivity contribution in [3.63, 3.8) is 0 Å². The average Bonchev–Trinajstić information content (AvgIpc) is 2.74. The molecule has 0 radical (unpaired) electrons. The van der Waals surface area contributed by atoms with Crippen LogP contribution in [0.5, 0.6) is 5.75 Å². The number of esters is 1. The molecule has 0 aliphatic heterocycles. The van der Waals surface area contributed by atoms with E-state index >= 15 is 0 Å². The zero-order valence-corrected chi connectivity index (χ0v) is 18.2. The van der Waals surface area contributed by atoms with Crippen molar-refractivity contribution in [2.45, 2.75) is 75.6 Å². The van der Waals surface area contributed by atoms with Crippen molar-refractivity contribution in [2.75, 3.05) is 6.54 Å². The Labute approximate surface area is 194 Å². The van der Waals surface area contributed by atoms with Crippen LogP contribution in [0, 0.1) is 0 Å². The van der Waals surface area contributed by atoms with E-state index in [1.54, 1.807) is 5.32 Å². The highest BCUT2D eigenvalue weighted by Crippen LogP contribution is 2.37. The number of unbranched alkanes of at least 4 members (excludes halogenated alkanes) is 6. The third kappa shape index (κ3) is 9.21. The number of rotatable bonds is 13. The molecule has 1 N–H and O–H groups in total. The van der Waals surface area contributed by atoms with Gasteiger partial charge in [-0.05, 0) is 37.0 Å². The molecular formula is C21H23F10NO3. The SMILES string of the molecule is O=C(NCCCCCCCCCc1ccc(OC(=O)C(F)(F)C(F)(F)F)cc1)C(F)(F)C(F)(F)F. The van der Waals surface area contributed by atoms with Gasteiger partial charge in [0, 0.05) is 6.54 Å². The molecule has 0 bridgehead atoms. The summed E-state index contributed by atoms with van der Waals surface area (Å²) in [4.78, 5) is 21.9. The topological polar surface area (TPSA) is 55.4 Å². The van der Waals surface area contributed by atoms with Gasteiger partial charge >= 0.3 is 30.2 Å². The molecule has 200 valence electrons. The molecule has 0 aliphatic carbocycles. The summed E-state index contributed by atoms with van der Waals surface area (Å²) in [6.45, 7) is -0.302. The van der Waals surface area contributed by atoms with E-state index in [1.165, 1.54) is 12.1 Å². The molecule has 0 fully saturated rings. The van der Waals surface area contributed by atoms with Gasteiger partial charge in [-0.1, -0.05) is 44.2 Å². The Morgan fingerprint density at radius 1 is 0.657 bits per heavy atom. The molecule has 1 aromatic rings. The highest BCUT2D eigenvalue weighted by atomic mass is 19.4. The van der Waals surface area contributed by atoms with Gasteiger partial charge < -0.3 is 10.1 Å². The fourth-order valence-corrected chi connectivity index (χ4v) is 2.79. The lowest BCUT2D eigenvalue weighted by molar-refractivity contribution is -0.276. The van der Waals surface area contributed by atoms with E-state index < -0.39 is 41.8 Å². The number of carbonyl (C=O) groups is 2. The fraction of sp³-hybridized carbons (Fsp3) is 0.619. The minimum absolute atomic E-state index is 0.242. The minimum Gasteiger partial charge on any atom is -0.422 e. The van der Waals surface area contributed by atoms with Gasteiger partial charge in [-0.3, -0.25) is 4.79 Å². The number of hydrogen-bond donors (Lipinski definition) is 1. The van der Waals surface area contributed by atoms with E-state index in [0.29, 0.717) is 25.7 Å². The molecule has 1 rings (SSSR count). The maximum absolute atomic E-state index is 12.9. The fourth-order valence-electron chi connectivity index (χ4n) is 2.79. The zero-order chi connectivity index (χ0) is 26.9. The standard InChI is InChI=1S/C21H23F10NO3/c22-18(23,20(26,27)28)16(33)32-13-7-5-3-1-2-4-6-8-14-9-11-15(12-10-14)35-17(34)19(24,25)21(29,30)31/h9-12H,1-8,13H2,(H,32,33). The Balaban J connectivity index is 2.18. The summed E-state index contributed by atoms with van der Waals surface area (Å²) in [6, 6.07) is 5.04. The summed E-state index contributed by atoms with van der Waals surface area (Å²) < 4.78 is 128. The van der Waals surface area contributed by atoms with Gasteiger partial charge in [-0.2, -0.15) is 43.9 Å². The molecule has 0 heterocycles. The first-order valence-electron chi connectivity index (χ1n) is 10.5. The van der Waals surface area contributed by atoms with Crippen LogP contribution < -0.4 is 10.1 Å². The summed E-state index contributed by atoms with van der Waals surface area (Å²) in [5, 5.41) is 1.56. The predicted octanol–water partition coefficient (Wildman–Crippen LogP) is 6.38. The third-order valence-electron chi connectivity index (χ3n) is 4.82. The number of nitrogens with one attached hydrogen (secondary N) is 1. The molecule has 1 amide bonds. The van der Waals surface area contributed by atoms with E-state index in [-0.39, 0.29) is 13.0 Å². The molecule has 0 aliphatic rings. The number of ether oxygens (including phenoxy) is 1. The Kier molecular flexibility index (Phi) is 10.8. The van der Waals surface area contributed by atoms with Gasteiger partial charge in [-0.15, -0.1) is 0 Å². The number of hydrogen-bond acceptors (Lipinski definition) is 3. The second-order valence-electron chi connectivity index (χ2n) is 7.66. The summed E-state index contributed by atoms with van der Waals surface area (Å²) in [6.07, 6.45) is -6.96. The number of carbonyl (C=O) groups excluding carboxylic acids is 2. The van der Waals surface area contributed by atoms with Crippen LogP contribution in [0.4, 0.5) is 43.9 Å². The first-order chi connectivity index (χ1) is 16.0. The molecule has 0 spiro atoms. The van der Waals surface area contributed by atoms with Crippen LogP contribution in [0.15, 0.2) is 24.3 Å². The Hall–Kier alpha value is -2.54. The Morgan fingerprint density at radius 2 is 1.11 bits per heavy atom. The van der Waals surface area contributed by atoms with Crippen LogP contribution >= 0.6 is 0 Å². The maximum Gasteiger partial charge on any atom is 0.465 e. The van der Waals surface area contributed by atoms with Crippen molar-refractivity contribution in [1.29, 1.82) is 0 Å². The van der Waals surface area contributed by atoms with Crippen LogP contribution in [-0.2, 0) is 16.0 Å². The van der Waals surface area contributed by atoms with Crippen molar-refractivity contribution in [1.82, 2.24) is 5.32 Å². The molecular weight excluding hydrogens is 504 g/mol. The van der Waals surface area contributed by atoms with E-state index in [4.69, 9.17) is 0 Å². The molecule has 4 nitrogen and oxygen atoms in total. The van der Waals surface area contributed by atoms with Crippen LogP contribution in [0.1, 0.15) is 50.5 Å². The number of amides is 1. The predicted molar refractivity (Wildman–Crippen MR) is 103 cm³/mol.